The summed E-state index contributed by atoms with van der Waals surface area (Å²) in [7, 11) is 0. The molecular formula is C9H12N4O2. The van der Waals surface area contributed by atoms with Crippen LogP contribution >= 0.6 is 0 Å². The van der Waals surface area contributed by atoms with Gasteiger partial charge in [-0.2, -0.15) is 0 Å². The summed E-state index contributed by atoms with van der Waals surface area (Å²) in [5.74, 6) is 0.548. The highest BCUT2D eigenvalue weighted by atomic mass is 16.4. The largest absolute Gasteiger partial charge is 0.465 e. The van der Waals surface area contributed by atoms with Gasteiger partial charge in [-0.25, -0.2) is 14.8 Å². The number of aromatic nitrogens is 2. The zero-order chi connectivity index (χ0) is 10.7. The Kier molecular flexibility index (Phi) is 2.77. The molecule has 1 amide bonds. The average Bonchev–Trinajstić information content (AvgIpc) is 2.30. The van der Waals surface area contributed by atoms with Crippen LogP contribution < -0.4 is 5.32 Å². The van der Waals surface area contributed by atoms with Crippen LogP contribution in [0.3, 0.4) is 0 Å². The first-order valence-corrected chi connectivity index (χ1v) is 4.76. The fourth-order valence-corrected chi connectivity index (χ4v) is 1.65. The third-order valence-electron chi connectivity index (χ3n) is 2.37. The van der Waals surface area contributed by atoms with E-state index in [4.69, 9.17) is 5.11 Å². The van der Waals surface area contributed by atoms with Gasteiger partial charge in [-0.3, -0.25) is 4.90 Å². The Morgan fingerprint density at radius 3 is 2.93 bits per heavy atom. The highest BCUT2D eigenvalue weighted by Crippen LogP contribution is 2.17. The van der Waals surface area contributed by atoms with Crippen molar-refractivity contribution in [1.82, 2.24) is 20.2 Å². The number of hydrogen-bond acceptors (Lipinski definition) is 4. The molecule has 0 radical (unpaired) electrons. The van der Waals surface area contributed by atoms with E-state index in [0.29, 0.717) is 25.5 Å². The number of hydrogen-bond donors (Lipinski definition) is 2. The molecule has 0 spiro atoms. The van der Waals surface area contributed by atoms with E-state index in [-0.39, 0.29) is 6.04 Å². The molecule has 1 aliphatic heterocycles. The number of nitrogens with zero attached hydrogens (tertiary/aromatic N) is 3. The number of piperazine rings is 1. The average molecular weight is 208 g/mol. The Morgan fingerprint density at radius 2 is 2.27 bits per heavy atom. The number of carbonyl (C=O) groups is 1. The number of rotatable bonds is 1. The second-order valence-corrected chi connectivity index (χ2v) is 3.30. The molecule has 6 nitrogen and oxygen atoms in total. The normalized spacial score (nSPS) is 21.3. The second-order valence-electron chi connectivity index (χ2n) is 3.30. The van der Waals surface area contributed by atoms with Crippen molar-refractivity contribution in [3.05, 3.63) is 24.3 Å². The highest BCUT2D eigenvalue weighted by molar-refractivity contribution is 5.65. The topological polar surface area (TPSA) is 78.4 Å². The molecule has 0 aliphatic carbocycles. The van der Waals surface area contributed by atoms with E-state index in [1.54, 1.807) is 18.5 Å². The lowest BCUT2D eigenvalue weighted by Crippen LogP contribution is -2.48. The van der Waals surface area contributed by atoms with Crippen molar-refractivity contribution in [2.75, 3.05) is 19.6 Å². The molecule has 1 fully saturated rings. The first-order valence-electron chi connectivity index (χ1n) is 4.76. The van der Waals surface area contributed by atoms with Crippen LogP contribution in [0.5, 0.6) is 0 Å². The van der Waals surface area contributed by atoms with Crippen molar-refractivity contribution in [3.8, 4) is 0 Å². The van der Waals surface area contributed by atoms with E-state index in [2.05, 4.69) is 15.3 Å². The smallest absolute Gasteiger partial charge is 0.408 e. The molecule has 0 bridgehead atoms. The number of amides is 1. The lowest BCUT2D eigenvalue weighted by Gasteiger charge is -2.32. The zero-order valence-electron chi connectivity index (χ0n) is 8.13. The van der Waals surface area contributed by atoms with Gasteiger partial charge in [0.15, 0.2) is 5.82 Å². The van der Waals surface area contributed by atoms with Gasteiger partial charge in [0.1, 0.15) is 6.04 Å². The molecule has 6 heteroatoms. The number of nitrogens with one attached hydrogen (secondary N) is 1. The van der Waals surface area contributed by atoms with E-state index >= 15 is 0 Å². The molecule has 1 aliphatic rings. The molecule has 80 valence electrons. The minimum Gasteiger partial charge on any atom is -0.465 e. The monoisotopic (exact) mass is 208 g/mol. The maximum absolute atomic E-state index is 11.0. The molecule has 1 aromatic heterocycles. The summed E-state index contributed by atoms with van der Waals surface area (Å²) >= 11 is 0. The Labute approximate surface area is 87.0 Å². The van der Waals surface area contributed by atoms with Crippen LogP contribution in [0.2, 0.25) is 0 Å². The molecular weight excluding hydrogens is 196 g/mol. The first-order chi connectivity index (χ1) is 7.29. The molecule has 1 aromatic rings. The van der Waals surface area contributed by atoms with Gasteiger partial charge < -0.3 is 10.4 Å². The minimum absolute atomic E-state index is 0.280. The van der Waals surface area contributed by atoms with Gasteiger partial charge in [0.05, 0.1) is 0 Å². The van der Waals surface area contributed by atoms with Crippen LogP contribution in [-0.4, -0.2) is 45.7 Å². The van der Waals surface area contributed by atoms with Crippen molar-refractivity contribution in [1.29, 1.82) is 0 Å². The van der Waals surface area contributed by atoms with Crippen LogP contribution in [0.4, 0.5) is 4.79 Å². The zero-order valence-corrected chi connectivity index (χ0v) is 8.13. The van der Waals surface area contributed by atoms with Crippen LogP contribution in [0.25, 0.3) is 0 Å². The summed E-state index contributed by atoms with van der Waals surface area (Å²) in [5, 5.41) is 12.1. The maximum atomic E-state index is 11.0. The lowest BCUT2D eigenvalue weighted by molar-refractivity contribution is 0.109. The summed E-state index contributed by atoms with van der Waals surface area (Å²) in [6, 6.07) is 1.43. The predicted molar refractivity (Wildman–Crippen MR) is 52.4 cm³/mol. The van der Waals surface area contributed by atoms with Crippen LogP contribution in [0, 0.1) is 0 Å². The Hall–Kier alpha value is -1.69. The van der Waals surface area contributed by atoms with Crippen LogP contribution in [0.1, 0.15) is 11.9 Å². The van der Waals surface area contributed by atoms with E-state index in [9.17, 15) is 4.79 Å². The third kappa shape index (κ3) is 2.04. The minimum atomic E-state index is -0.922. The van der Waals surface area contributed by atoms with E-state index in [1.807, 2.05) is 0 Å². The van der Waals surface area contributed by atoms with Gasteiger partial charge in [0.25, 0.3) is 0 Å². The highest BCUT2D eigenvalue weighted by Gasteiger charge is 2.29. The SMILES string of the molecule is O=C(O)N1CCNCC1c1ncccn1. The number of carboxylic acid groups (broad SMARTS) is 1. The summed E-state index contributed by atoms with van der Waals surface area (Å²) in [5.41, 5.74) is 0. The van der Waals surface area contributed by atoms with Gasteiger partial charge in [-0.15, -0.1) is 0 Å². The fourth-order valence-electron chi connectivity index (χ4n) is 1.65. The quantitative estimate of drug-likeness (QED) is 0.684. The molecule has 2 heterocycles. The van der Waals surface area contributed by atoms with E-state index in [1.165, 1.54) is 4.90 Å². The van der Waals surface area contributed by atoms with Crippen molar-refractivity contribution in [3.63, 3.8) is 0 Å². The molecule has 1 atom stereocenters. The lowest BCUT2D eigenvalue weighted by atomic mass is 10.2. The molecule has 0 saturated carbocycles. The standard InChI is InChI=1S/C9H12N4O2/c14-9(15)13-5-4-10-6-7(13)8-11-2-1-3-12-8/h1-3,7,10H,4-6H2,(H,14,15). The van der Waals surface area contributed by atoms with Crippen molar-refractivity contribution in [2.24, 2.45) is 0 Å². The van der Waals surface area contributed by atoms with E-state index < -0.39 is 6.09 Å². The summed E-state index contributed by atoms with van der Waals surface area (Å²) in [6.45, 7) is 1.71. The molecule has 1 unspecified atom stereocenters. The molecule has 0 aromatic carbocycles. The van der Waals surface area contributed by atoms with Gasteiger partial charge in [-0.1, -0.05) is 0 Å². The Morgan fingerprint density at radius 1 is 1.53 bits per heavy atom. The molecule has 2 N–H and O–H groups in total. The van der Waals surface area contributed by atoms with Gasteiger partial charge in [0.2, 0.25) is 0 Å². The Bertz CT molecular complexity index is 343. The summed E-state index contributed by atoms with van der Waals surface area (Å²) in [6.07, 6.45) is 2.32. The van der Waals surface area contributed by atoms with Gasteiger partial charge in [0, 0.05) is 32.0 Å². The van der Waals surface area contributed by atoms with Crippen molar-refractivity contribution in [2.45, 2.75) is 6.04 Å². The van der Waals surface area contributed by atoms with Crippen molar-refractivity contribution >= 4 is 6.09 Å². The van der Waals surface area contributed by atoms with Gasteiger partial charge >= 0.3 is 6.09 Å². The molecule has 1 saturated heterocycles. The van der Waals surface area contributed by atoms with Crippen molar-refractivity contribution < 1.29 is 9.90 Å². The summed E-state index contributed by atoms with van der Waals surface area (Å²) < 4.78 is 0. The van der Waals surface area contributed by atoms with Crippen LogP contribution in [-0.2, 0) is 0 Å². The maximum Gasteiger partial charge on any atom is 0.408 e. The third-order valence-corrected chi connectivity index (χ3v) is 2.37. The second kappa shape index (κ2) is 4.22. The Balaban J connectivity index is 2.22. The molecule has 15 heavy (non-hydrogen) atoms. The molecule has 2 rings (SSSR count). The van der Waals surface area contributed by atoms with E-state index in [0.717, 1.165) is 0 Å². The van der Waals surface area contributed by atoms with Gasteiger partial charge in [-0.05, 0) is 6.07 Å². The summed E-state index contributed by atoms with van der Waals surface area (Å²) in [4.78, 5) is 20.5. The fraction of sp³-hybridized carbons (Fsp3) is 0.444. The predicted octanol–water partition coefficient (Wildman–Crippen LogP) is 0.101. The first kappa shape index (κ1) is 9.85. The van der Waals surface area contributed by atoms with Crippen LogP contribution in [0.15, 0.2) is 18.5 Å².